The van der Waals surface area contributed by atoms with E-state index in [0.717, 1.165) is 4.90 Å². The van der Waals surface area contributed by atoms with Crippen molar-refractivity contribution in [2.45, 2.75) is 10.1 Å². The largest absolute Gasteiger partial charge is 0.382 e. The Morgan fingerprint density at radius 1 is 1.47 bits per heavy atom. The first-order valence-corrected chi connectivity index (χ1v) is 4.91. The van der Waals surface area contributed by atoms with E-state index < -0.39 is 0 Å². The van der Waals surface area contributed by atoms with Gasteiger partial charge in [0.15, 0.2) is 5.16 Å². The Bertz CT molecular complexity index is 466. The molecule has 0 aliphatic rings. The molecule has 2 rings (SSSR count). The van der Waals surface area contributed by atoms with E-state index in [0.29, 0.717) is 10.9 Å². The minimum Gasteiger partial charge on any atom is -0.382 e. The van der Waals surface area contributed by atoms with E-state index in [-0.39, 0.29) is 5.84 Å². The van der Waals surface area contributed by atoms with Gasteiger partial charge in [-0.15, -0.1) is 0 Å². The number of aromatic amines is 1. The van der Waals surface area contributed by atoms with E-state index in [1.807, 2.05) is 6.07 Å². The zero-order chi connectivity index (χ0) is 10.7. The van der Waals surface area contributed by atoms with E-state index in [9.17, 15) is 0 Å². The van der Waals surface area contributed by atoms with Crippen molar-refractivity contribution in [3.05, 3.63) is 30.4 Å². The van der Waals surface area contributed by atoms with Gasteiger partial charge in [0.1, 0.15) is 17.9 Å². The Hall–Kier alpha value is -1.89. The molecule has 2 heterocycles. The zero-order valence-electron chi connectivity index (χ0n) is 7.64. The summed E-state index contributed by atoms with van der Waals surface area (Å²) in [5, 5.41) is 14.4. The van der Waals surface area contributed by atoms with Crippen molar-refractivity contribution >= 4 is 17.6 Å². The average molecular weight is 220 g/mol. The Balaban J connectivity index is 2.22. The van der Waals surface area contributed by atoms with Crippen LogP contribution in [0, 0.1) is 5.41 Å². The maximum Gasteiger partial charge on any atom is 0.188 e. The lowest BCUT2D eigenvalue weighted by Gasteiger charge is -2.00. The number of pyridine rings is 1. The molecule has 15 heavy (non-hydrogen) atoms. The first-order chi connectivity index (χ1) is 7.25. The van der Waals surface area contributed by atoms with E-state index >= 15 is 0 Å². The number of nitrogens with zero attached hydrogens (tertiary/aromatic N) is 3. The van der Waals surface area contributed by atoms with Crippen molar-refractivity contribution in [2.75, 3.05) is 0 Å². The van der Waals surface area contributed by atoms with Crippen LogP contribution in [0.3, 0.4) is 0 Å². The lowest BCUT2D eigenvalue weighted by molar-refractivity contribution is 0.972. The van der Waals surface area contributed by atoms with Crippen molar-refractivity contribution in [2.24, 2.45) is 5.73 Å². The third kappa shape index (κ3) is 2.32. The van der Waals surface area contributed by atoms with Crippen LogP contribution in [0.15, 0.2) is 34.7 Å². The summed E-state index contributed by atoms with van der Waals surface area (Å²) in [6.07, 6.45) is 3.05. The first kappa shape index (κ1) is 9.66. The van der Waals surface area contributed by atoms with Gasteiger partial charge in [0.05, 0.1) is 0 Å². The predicted octanol–water partition coefficient (Wildman–Crippen LogP) is 0.635. The van der Waals surface area contributed by atoms with Gasteiger partial charge in [-0.3, -0.25) is 15.5 Å². The van der Waals surface area contributed by atoms with Gasteiger partial charge in [-0.1, -0.05) is 11.8 Å². The highest BCUT2D eigenvalue weighted by Gasteiger charge is 2.03. The smallest absolute Gasteiger partial charge is 0.188 e. The van der Waals surface area contributed by atoms with E-state index in [1.165, 1.54) is 18.1 Å². The molecule has 0 saturated heterocycles. The lowest BCUT2D eigenvalue weighted by atomic mass is 10.3. The van der Waals surface area contributed by atoms with Crippen molar-refractivity contribution in [1.29, 1.82) is 5.41 Å². The van der Waals surface area contributed by atoms with Crippen LogP contribution in [-0.4, -0.2) is 26.0 Å². The molecule has 0 saturated carbocycles. The van der Waals surface area contributed by atoms with Crippen molar-refractivity contribution in [3.8, 4) is 0 Å². The van der Waals surface area contributed by atoms with E-state index in [4.69, 9.17) is 11.1 Å². The van der Waals surface area contributed by atoms with Crippen molar-refractivity contribution in [3.63, 3.8) is 0 Å². The van der Waals surface area contributed by atoms with Crippen molar-refractivity contribution < 1.29 is 0 Å². The summed E-state index contributed by atoms with van der Waals surface area (Å²) in [4.78, 5) is 8.85. The SMILES string of the molecule is N=C(N)c1cc(Sc2ncn[nH]2)ccn1. The Morgan fingerprint density at radius 3 is 3.00 bits per heavy atom. The normalized spacial score (nSPS) is 10.1. The maximum absolute atomic E-state index is 7.25. The number of hydrogen-bond donors (Lipinski definition) is 3. The molecule has 0 aliphatic heterocycles. The molecule has 2 aromatic heterocycles. The van der Waals surface area contributed by atoms with Gasteiger partial charge in [0.25, 0.3) is 0 Å². The molecule has 4 N–H and O–H groups in total. The highest BCUT2D eigenvalue weighted by atomic mass is 32.2. The summed E-state index contributed by atoms with van der Waals surface area (Å²) in [5.41, 5.74) is 5.79. The number of rotatable bonds is 3. The van der Waals surface area contributed by atoms with Crippen LogP contribution in [0.2, 0.25) is 0 Å². The van der Waals surface area contributed by atoms with Crippen molar-refractivity contribution in [1.82, 2.24) is 20.2 Å². The minimum absolute atomic E-state index is 0.0463. The van der Waals surface area contributed by atoms with E-state index in [1.54, 1.807) is 12.3 Å². The van der Waals surface area contributed by atoms with Gasteiger partial charge in [0.2, 0.25) is 0 Å². The second-order valence-corrected chi connectivity index (χ2v) is 3.75. The lowest BCUT2D eigenvalue weighted by Crippen LogP contribution is -2.12. The molecular formula is C8H8N6S. The number of nitrogens with one attached hydrogen (secondary N) is 2. The van der Waals surface area contributed by atoms with Crippen LogP contribution in [0.25, 0.3) is 0 Å². The van der Waals surface area contributed by atoms with Gasteiger partial charge >= 0.3 is 0 Å². The Morgan fingerprint density at radius 2 is 2.33 bits per heavy atom. The topological polar surface area (TPSA) is 104 Å². The highest BCUT2D eigenvalue weighted by Crippen LogP contribution is 2.23. The van der Waals surface area contributed by atoms with Gasteiger partial charge in [-0.2, -0.15) is 5.10 Å². The number of hydrogen-bond acceptors (Lipinski definition) is 5. The van der Waals surface area contributed by atoms with Gasteiger partial charge in [0, 0.05) is 11.1 Å². The van der Waals surface area contributed by atoms with Crippen LogP contribution in [0.1, 0.15) is 5.69 Å². The second-order valence-electron chi connectivity index (χ2n) is 2.68. The number of aromatic nitrogens is 4. The molecule has 0 atom stereocenters. The molecule has 0 aliphatic carbocycles. The molecule has 0 unspecified atom stereocenters. The van der Waals surface area contributed by atoms with Crippen LogP contribution < -0.4 is 5.73 Å². The number of H-pyrrole nitrogens is 1. The molecule has 0 radical (unpaired) electrons. The zero-order valence-corrected chi connectivity index (χ0v) is 8.45. The van der Waals surface area contributed by atoms with Gasteiger partial charge in [-0.05, 0) is 12.1 Å². The van der Waals surface area contributed by atoms with E-state index in [2.05, 4.69) is 20.2 Å². The molecular weight excluding hydrogens is 212 g/mol. The van der Waals surface area contributed by atoms with Crippen LogP contribution >= 0.6 is 11.8 Å². The predicted molar refractivity (Wildman–Crippen MR) is 55.8 cm³/mol. The molecule has 76 valence electrons. The summed E-state index contributed by atoms with van der Waals surface area (Å²) in [6, 6.07) is 3.55. The molecule has 0 amide bonds. The van der Waals surface area contributed by atoms with Crippen LogP contribution in [-0.2, 0) is 0 Å². The summed E-state index contributed by atoms with van der Waals surface area (Å²) in [6.45, 7) is 0. The molecule has 2 aromatic rings. The summed E-state index contributed by atoms with van der Waals surface area (Å²) < 4.78 is 0. The molecule has 7 heteroatoms. The fourth-order valence-electron chi connectivity index (χ4n) is 0.977. The average Bonchev–Trinajstić information content (AvgIpc) is 2.71. The molecule has 0 fully saturated rings. The number of nitrogens with two attached hydrogens (primary N) is 1. The maximum atomic E-state index is 7.25. The van der Waals surface area contributed by atoms with Crippen LogP contribution in [0.4, 0.5) is 0 Å². The van der Waals surface area contributed by atoms with Gasteiger partial charge < -0.3 is 5.73 Å². The second kappa shape index (κ2) is 4.09. The fraction of sp³-hybridized carbons (Fsp3) is 0. The fourth-order valence-corrected chi connectivity index (χ4v) is 1.70. The Labute approximate surface area is 89.8 Å². The van der Waals surface area contributed by atoms with Crippen LogP contribution in [0.5, 0.6) is 0 Å². The summed E-state index contributed by atoms with van der Waals surface area (Å²) >= 11 is 1.40. The molecule has 0 bridgehead atoms. The molecule has 0 spiro atoms. The monoisotopic (exact) mass is 220 g/mol. The number of nitrogen functional groups attached to an aromatic ring is 1. The first-order valence-electron chi connectivity index (χ1n) is 4.09. The third-order valence-electron chi connectivity index (χ3n) is 1.61. The molecule has 0 aromatic carbocycles. The number of amidine groups is 1. The Kier molecular flexibility index (Phi) is 2.64. The standard InChI is InChI=1S/C8H8N6S/c9-7(10)6-3-5(1-2-11-6)15-8-12-4-13-14-8/h1-4H,(H3,9,10)(H,12,13,14). The third-order valence-corrected chi connectivity index (χ3v) is 2.49. The highest BCUT2D eigenvalue weighted by molar-refractivity contribution is 7.99. The minimum atomic E-state index is -0.0463. The summed E-state index contributed by atoms with van der Waals surface area (Å²) in [5.74, 6) is -0.0463. The quantitative estimate of drug-likeness (QED) is 0.520. The van der Waals surface area contributed by atoms with Gasteiger partial charge in [-0.25, -0.2) is 4.98 Å². The summed E-state index contributed by atoms with van der Waals surface area (Å²) in [7, 11) is 0. The molecule has 6 nitrogen and oxygen atoms in total.